The van der Waals surface area contributed by atoms with E-state index >= 15 is 0 Å². The smallest absolute Gasteiger partial charge is 0.104 e. The third-order valence-electron chi connectivity index (χ3n) is 1.46. The summed E-state index contributed by atoms with van der Waals surface area (Å²) < 4.78 is 0. The van der Waals surface area contributed by atoms with Gasteiger partial charge in [-0.1, -0.05) is 19.1 Å². The number of nitrogens with zero attached hydrogens (tertiary/aromatic N) is 1. The van der Waals surface area contributed by atoms with Crippen molar-refractivity contribution < 1.29 is 0 Å². The molecule has 58 valence electrons. The standard InChI is InChI=1S/C8H10N2S/c1-2-7-5-6(8(9)11)3-4-10-7/h3-5H,2H2,1H3,(H2,9,11)/i8+1. The average molecular weight is 167 g/mol. The number of thiocarbonyl (C=S) groups is 1. The second-order valence-corrected chi connectivity index (χ2v) is 2.69. The molecule has 0 aliphatic heterocycles. The van der Waals surface area contributed by atoms with Gasteiger partial charge in [0.25, 0.3) is 0 Å². The van der Waals surface area contributed by atoms with Gasteiger partial charge in [-0.25, -0.2) is 0 Å². The Morgan fingerprint density at radius 2 is 2.45 bits per heavy atom. The first kappa shape index (κ1) is 8.14. The lowest BCUT2D eigenvalue weighted by Gasteiger charge is -1.99. The molecular weight excluding hydrogens is 157 g/mol. The third kappa shape index (κ3) is 1.98. The molecule has 0 unspecified atom stereocenters. The summed E-state index contributed by atoms with van der Waals surface area (Å²) in [4.78, 5) is 4.56. The van der Waals surface area contributed by atoms with Gasteiger partial charge in [-0.15, -0.1) is 0 Å². The van der Waals surface area contributed by atoms with Crippen LogP contribution in [0.4, 0.5) is 0 Å². The van der Waals surface area contributed by atoms with Crippen molar-refractivity contribution in [1.29, 1.82) is 0 Å². The molecule has 0 aromatic carbocycles. The van der Waals surface area contributed by atoms with E-state index in [1.807, 2.05) is 19.1 Å². The number of rotatable bonds is 2. The van der Waals surface area contributed by atoms with Crippen LogP contribution in [0.5, 0.6) is 0 Å². The highest BCUT2D eigenvalue weighted by atomic mass is 32.1. The Bertz CT molecular complexity index is 271. The molecule has 2 nitrogen and oxygen atoms in total. The van der Waals surface area contributed by atoms with Crippen molar-refractivity contribution >= 4 is 17.2 Å². The summed E-state index contributed by atoms with van der Waals surface area (Å²) >= 11 is 4.82. The van der Waals surface area contributed by atoms with Crippen LogP contribution in [-0.2, 0) is 6.42 Å². The summed E-state index contributed by atoms with van der Waals surface area (Å²) in [6, 6.07) is 3.74. The second-order valence-electron chi connectivity index (χ2n) is 2.25. The maximum Gasteiger partial charge on any atom is 0.104 e. The van der Waals surface area contributed by atoms with Crippen LogP contribution in [0.25, 0.3) is 0 Å². The van der Waals surface area contributed by atoms with E-state index in [1.54, 1.807) is 6.20 Å². The molecule has 0 aliphatic carbocycles. The van der Waals surface area contributed by atoms with E-state index in [0.717, 1.165) is 17.7 Å². The summed E-state index contributed by atoms with van der Waals surface area (Å²) in [7, 11) is 0. The van der Waals surface area contributed by atoms with Crippen LogP contribution in [0.15, 0.2) is 18.3 Å². The molecule has 0 spiro atoms. The number of pyridine rings is 1. The SMILES string of the molecule is CCc1cc([13C](N)=S)ccn1. The topological polar surface area (TPSA) is 38.9 Å². The van der Waals surface area contributed by atoms with Gasteiger partial charge in [-0.2, -0.15) is 0 Å². The van der Waals surface area contributed by atoms with Crippen LogP contribution in [0.2, 0.25) is 0 Å². The van der Waals surface area contributed by atoms with Gasteiger partial charge >= 0.3 is 0 Å². The minimum atomic E-state index is 0.433. The predicted molar refractivity (Wildman–Crippen MR) is 49.5 cm³/mol. The first-order valence-corrected chi connectivity index (χ1v) is 3.89. The fourth-order valence-corrected chi connectivity index (χ4v) is 0.952. The molecule has 0 fully saturated rings. The van der Waals surface area contributed by atoms with E-state index in [0.29, 0.717) is 4.99 Å². The number of aromatic nitrogens is 1. The van der Waals surface area contributed by atoms with Gasteiger partial charge < -0.3 is 5.73 Å². The molecule has 1 rings (SSSR count). The fraction of sp³-hybridized carbons (Fsp3) is 0.250. The molecule has 11 heavy (non-hydrogen) atoms. The van der Waals surface area contributed by atoms with Gasteiger partial charge in [-0.05, 0) is 18.6 Å². The van der Waals surface area contributed by atoms with Crippen LogP contribution < -0.4 is 5.73 Å². The van der Waals surface area contributed by atoms with Crippen LogP contribution in [0, 0.1) is 0 Å². The Hall–Kier alpha value is -0.960. The monoisotopic (exact) mass is 167 g/mol. The zero-order valence-corrected chi connectivity index (χ0v) is 7.19. The van der Waals surface area contributed by atoms with E-state index < -0.39 is 0 Å². The molecular formula is C8H10N2S. The molecule has 0 bridgehead atoms. The minimum absolute atomic E-state index is 0.433. The molecule has 0 saturated carbocycles. The van der Waals surface area contributed by atoms with Crippen LogP contribution >= 0.6 is 12.2 Å². The number of aryl methyl sites for hydroxylation is 1. The second kappa shape index (κ2) is 3.44. The van der Waals surface area contributed by atoms with Crippen molar-refractivity contribution in [1.82, 2.24) is 4.98 Å². The molecule has 0 radical (unpaired) electrons. The lowest BCUT2D eigenvalue weighted by atomic mass is 10.2. The molecule has 1 aromatic heterocycles. The van der Waals surface area contributed by atoms with Crippen LogP contribution in [0.1, 0.15) is 18.2 Å². The summed E-state index contributed by atoms with van der Waals surface area (Å²) in [6.45, 7) is 2.05. The first-order chi connectivity index (χ1) is 5.24. The Kier molecular flexibility index (Phi) is 2.54. The zero-order valence-electron chi connectivity index (χ0n) is 6.37. The highest BCUT2D eigenvalue weighted by Gasteiger charge is 1.96. The molecule has 1 aromatic rings. The normalized spacial score (nSPS) is 9.55. The van der Waals surface area contributed by atoms with Crippen LogP contribution in [0.3, 0.4) is 0 Å². The van der Waals surface area contributed by atoms with E-state index in [2.05, 4.69) is 4.98 Å². The Morgan fingerprint density at radius 3 is 3.00 bits per heavy atom. The minimum Gasteiger partial charge on any atom is -0.389 e. The van der Waals surface area contributed by atoms with Crippen molar-refractivity contribution in [3.8, 4) is 0 Å². The summed E-state index contributed by atoms with van der Waals surface area (Å²) in [5.74, 6) is 0. The van der Waals surface area contributed by atoms with Gasteiger partial charge in [0.15, 0.2) is 0 Å². The average Bonchev–Trinajstić information content (AvgIpc) is 2.05. The number of hydrogen-bond donors (Lipinski definition) is 1. The van der Waals surface area contributed by atoms with E-state index in [1.165, 1.54) is 0 Å². The summed E-state index contributed by atoms with van der Waals surface area (Å²) in [6.07, 6.45) is 2.64. The zero-order chi connectivity index (χ0) is 8.27. The molecule has 0 saturated heterocycles. The van der Waals surface area contributed by atoms with Gasteiger partial charge in [0.05, 0.1) is 0 Å². The Morgan fingerprint density at radius 1 is 1.73 bits per heavy atom. The fourth-order valence-electron chi connectivity index (χ4n) is 0.825. The number of hydrogen-bond acceptors (Lipinski definition) is 2. The first-order valence-electron chi connectivity index (χ1n) is 3.48. The van der Waals surface area contributed by atoms with E-state index in [4.69, 9.17) is 18.0 Å². The molecule has 0 amide bonds. The lowest BCUT2D eigenvalue weighted by Crippen LogP contribution is -2.09. The lowest BCUT2D eigenvalue weighted by molar-refractivity contribution is 1.03. The van der Waals surface area contributed by atoms with Gasteiger partial charge in [0.2, 0.25) is 0 Å². The largest absolute Gasteiger partial charge is 0.389 e. The summed E-state index contributed by atoms with van der Waals surface area (Å²) in [5.41, 5.74) is 7.36. The van der Waals surface area contributed by atoms with E-state index in [9.17, 15) is 0 Å². The van der Waals surface area contributed by atoms with Crippen molar-refractivity contribution in [2.24, 2.45) is 5.73 Å². The quantitative estimate of drug-likeness (QED) is 0.532. The maximum atomic E-state index is 5.44. The van der Waals surface area contributed by atoms with E-state index in [-0.39, 0.29) is 0 Å². The van der Waals surface area contributed by atoms with Gasteiger partial charge in [0, 0.05) is 17.5 Å². The molecule has 3 heteroatoms. The van der Waals surface area contributed by atoms with Gasteiger partial charge in [0.1, 0.15) is 4.99 Å². The predicted octanol–water partition coefficient (Wildman–Crippen LogP) is 1.28. The van der Waals surface area contributed by atoms with Crippen molar-refractivity contribution in [2.75, 3.05) is 0 Å². The van der Waals surface area contributed by atoms with Crippen LogP contribution in [-0.4, -0.2) is 9.97 Å². The Labute approximate surface area is 71.4 Å². The number of nitrogens with two attached hydrogens (primary N) is 1. The highest BCUT2D eigenvalue weighted by molar-refractivity contribution is 7.80. The molecule has 1 heterocycles. The summed E-state index contributed by atoms with van der Waals surface area (Å²) in [5, 5.41) is 0. The Balaban J connectivity index is 3.01. The van der Waals surface area contributed by atoms with Crippen molar-refractivity contribution in [3.63, 3.8) is 0 Å². The maximum absolute atomic E-state index is 5.44. The van der Waals surface area contributed by atoms with Crippen molar-refractivity contribution in [3.05, 3.63) is 29.6 Å². The highest BCUT2D eigenvalue weighted by Crippen LogP contribution is 2.01. The molecule has 0 atom stereocenters. The molecule has 2 N–H and O–H groups in total. The van der Waals surface area contributed by atoms with Gasteiger partial charge in [-0.3, -0.25) is 4.98 Å². The van der Waals surface area contributed by atoms with Crippen molar-refractivity contribution in [2.45, 2.75) is 13.3 Å². The third-order valence-corrected chi connectivity index (χ3v) is 1.70. The molecule has 0 aliphatic rings.